The van der Waals surface area contributed by atoms with Gasteiger partial charge in [-0.15, -0.1) is 0 Å². The average molecular weight is 421 g/mol. The van der Waals surface area contributed by atoms with Crippen molar-refractivity contribution >= 4 is 39.8 Å². The predicted octanol–water partition coefficient (Wildman–Crippen LogP) is 4.32. The molecule has 0 aliphatic heterocycles. The summed E-state index contributed by atoms with van der Waals surface area (Å²) in [6, 6.07) is 18.5. The van der Waals surface area contributed by atoms with E-state index in [4.69, 9.17) is 4.74 Å². The van der Waals surface area contributed by atoms with Crippen molar-refractivity contribution in [2.45, 2.75) is 6.42 Å². The molecule has 3 aromatic rings. The summed E-state index contributed by atoms with van der Waals surface area (Å²) in [7, 11) is 5.37. The molecule has 0 bridgehead atoms. The molecule has 0 aliphatic carbocycles. The van der Waals surface area contributed by atoms with Crippen molar-refractivity contribution in [1.29, 1.82) is 0 Å². The number of anilines is 3. The maximum Gasteiger partial charge on any atom is 0.323 e. The van der Waals surface area contributed by atoms with Crippen LogP contribution in [0.3, 0.4) is 0 Å². The molecular formula is C24H28N4O3. The van der Waals surface area contributed by atoms with Gasteiger partial charge in [-0.05, 0) is 36.1 Å². The molecule has 0 saturated heterocycles. The van der Waals surface area contributed by atoms with E-state index >= 15 is 0 Å². The van der Waals surface area contributed by atoms with Gasteiger partial charge < -0.3 is 25.6 Å². The normalized spacial score (nSPS) is 10.5. The SMILES string of the molecule is COCCCNC(=O)c1cc(NC(=O)Nc2cccc3ccccc23)ccc1N(C)C. The maximum atomic E-state index is 12.7. The van der Waals surface area contributed by atoms with E-state index in [1.165, 1.54) is 0 Å². The third kappa shape index (κ3) is 5.73. The van der Waals surface area contributed by atoms with Crippen LogP contribution in [0.15, 0.2) is 60.7 Å². The van der Waals surface area contributed by atoms with E-state index in [-0.39, 0.29) is 11.9 Å². The van der Waals surface area contributed by atoms with Gasteiger partial charge in [-0.3, -0.25) is 4.79 Å². The highest BCUT2D eigenvalue weighted by Gasteiger charge is 2.15. The third-order valence-electron chi connectivity index (χ3n) is 4.83. The number of nitrogens with zero attached hydrogens (tertiary/aromatic N) is 1. The minimum atomic E-state index is -0.375. The summed E-state index contributed by atoms with van der Waals surface area (Å²) in [5, 5.41) is 10.6. The van der Waals surface area contributed by atoms with Gasteiger partial charge in [-0.1, -0.05) is 36.4 Å². The lowest BCUT2D eigenvalue weighted by atomic mass is 10.1. The van der Waals surface area contributed by atoms with E-state index in [2.05, 4.69) is 16.0 Å². The lowest BCUT2D eigenvalue weighted by Crippen LogP contribution is -2.27. The molecule has 0 aliphatic rings. The number of hydrogen-bond donors (Lipinski definition) is 3. The van der Waals surface area contributed by atoms with Crippen LogP contribution in [-0.2, 0) is 4.74 Å². The molecule has 3 amide bonds. The lowest BCUT2D eigenvalue weighted by Gasteiger charge is -2.19. The van der Waals surface area contributed by atoms with Crippen LogP contribution in [0.5, 0.6) is 0 Å². The van der Waals surface area contributed by atoms with Crippen molar-refractivity contribution in [2.24, 2.45) is 0 Å². The highest BCUT2D eigenvalue weighted by Crippen LogP contribution is 2.25. The number of urea groups is 1. The molecule has 0 spiro atoms. The predicted molar refractivity (Wildman–Crippen MR) is 126 cm³/mol. The Morgan fingerprint density at radius 2 is 1.74 bits per heavy atom. The first-order chi connectivity index (χ1) is 15.0. The molecule has 0 aromatic heterocycles. The smallest absolute Gasteiger partial charge is 0.323 e. The Morgan fingerprint density at radius 1 is 0.968 bits per heavy atom. The molecule has 0 radical (unpaired) electrons. The number of benzene rings is 3. The van der Waals surface area contributed by atoms with Crippen molar-refractivity contribution in [3.8, 4) is 0 Å². The van der Waals surface area contributed by atoms with Crippen LogP contribution in [0.1, 0.15) is 16.8 Å². The summed E-state index contributed by atoms with van der Waals surface area (Å²) in [6.07, 6.45) is 0.727. The van der Waals surface area contributed by atoms with E-state index in [0.29, 0.717) is 24.4 Å². The van der Waals surface area contributed by atoms with E-state index in [1.54, 1.807) is 19.2 Å². The Bertz CT molecular complexity index is 1060. The molecule has 0 heterocycles. The number of nitrogens with one attached hydrogen (secondary N) is 3. The summed E-state index contributed by atoms with van der Waals surface area (Å²) in [5.41, 5.74) is 2.51. The second-order valence-electron chi connectivity index (χ2n) is 7.33. The summed E-state index contributed by atoms with van der Waals surface area (Å²) in [4.78, 5) is 27.2. The number of rotatable bonds is 8. The molecule has 7 nitrogen and oxygen atoms in total. The van der Waals surface area contributed by atoms with E-state index in [9.17, 15) is 9.59 Å². The largest absolute Gasteiger partial charge is 0.385 e. The minimum Gasteiger partial charge on any atom is -0.385 e. The highest BCUT2D eigenvalue weighted by atomic mass is 16.5. The van der Waals surface area contributed by atoms with Gasteiger partial charge in [-0.2, -0.15) is 0 Å². The Balaban J connectivity index is 1.74. The standard InChI is InChI=1S/C24H28N4O3/c1-28(2)22-13-12-18(16-20(22)23(29)25-14-7-15-31-3)26-24(30)27-21-11-6-9-17-8-4-5-10-19(17)21/h4-6,8-13,16H,7,14-15H2,1-3H3,(H,25,29)(H2,26,27,30). The number of amides is 3. The van der Waals surface area contributed by atoms with Crippen LogP contribution in [0.25, 0.3) is 10.8 Å². The van der Waals surface area contributed by atoms with Gasteiger partial charge in [0.25, 0.3) is 5.91 Å². The van der Waals surface area contributed by atoms with Crippen molar-refractivity contribution in [3.63, 3.8) is 0 Å². The van der Waals surface area contributed by atoms with Gasteiger partial charge in [0.2, 0.25) is 0 Å². The summed E-state index contributed by atoms with van der Waals surface area (Å²) in [5.74, 6) is -0.196. The monoisotopic (exact) mass is 420 g/mol. The van der Waals surface area contributed by atoms with Gasteiger partial charge in [-0.25, -0.2) is 4.79 Å². The Hall–Kier alpha value is -3.58. The minimum absolute atomic E-state index is 0.196. The zero-order chi connectivity index (χ0) is 22.2. The molecule has 3 aromatic carbocycles. The van der Waals surface area contributed by atoms with Gasteiger partial charge in [0.05, 0.1) is 11.3 Å². The second kappa shape index (κ2) is 10.4. The summed E-state index contributed by atoms with van der Waals surface area (Å²) in [6.45, 7) is 1.09. The quantitative estimate of drug-likeness (QED) is 0.474. The fourth-order valence-electron chi connectivity index (χ4n) is 3.32. The molecule has 0 atom stereocenters. The molecule has 0 fully saturated rings. The Morgan fingerprint density at radius 3 is 2.52 bits per heavy atom. The van der Waals surface area contributed by atoms with Crippen LogP contribution >= 0.6 is 0 Å². The maximum absolute atomic E-state index is 12.7. The topological polar surface area (TPSA) is 82.7 Å². The Labute approximate surface area is 182 Å². The molecule has 3 rings (SSSR count). The molecule has 162 valence electrons. The first kappa shape index (κ1) is 22.1. The van der Waals surface area contributed by atoms with E-state index in [1.807, 2.05) is 67.5 Å². The summed E-state index contributed by atoms with van der Waals surface area (Å²) >= 11 is 0. The van der Waals surface area contributed by atoms with Crippen LogP contribution in [0.2, 0.25) is 0 Å². The lowest BCUT2D eigenvalue weighted by molar-refractivity contribution is 0.0949. The van der Waals surface area contributed by atoms with Gasteiger partial charge in [0, 0.05) is 51.1 Å². The molecule has 3 N–H and O–H groups in total. The molecular weight excluding hydrogens is 392 g/mol. The fourth-order valence-corrected chi connectivity index (χ4v) is 3.32. The van der Waals surface area contributed by atoms with E-state index < -0.39 is 0 Å². The van der Waals surface area contributed by atoms with Crippen molar-refractivity contribution in [2.75, 3.05) is 49.9 Å². The number of carbonyl (C=O) groups excluding carboxylic acids is 2. The highest BCUT2D eigenvalue weighted by molar-refractivity contribution is 6.07. The zero-order valence-electron chi connectivity index (χ0n) is 18.1. The van der Waals surface area contributed by atoms with Gasteiger partial charge in [0.15, 0.2) is 0 Å². The third-order valence-corrected chi connectivity index (χ3v) is 4.83. The fraction of sp³-hybridized carbons (Fsp3) is 0.250. The van der Waals surface area contributed by atoms with Crippen molar-refractivity contribution in [3.05, 3.63) is 66.2 Å². The molecule has 0 saturated carbocycles. The van der Waals surface area contributed by atoms with Gasteiger partial charge >= 0.3 is 6.03 Å². The summed E-state index contributed by atoms with van der Waals surface area (Å²) < 4.78 is 5.02. The van der Waals surface area contributed by atoms with Crippen LogP contribution in [-0.4, -0.2) is 46.3 Å². The first-order valence-corrected chi connectivity index (χ1v) is 10.1. The molecule has 7 heteroatoms. The second-order valence-corrected chi connectivity index (χ2v) is 7.33. The van der Waals surface area contributed by atoms with Gasteiger partial charge in [0.1, 0.15) is 0 Å². The van der Waals surface area contributed by atoms with Crippen LogP contribution in [0, 0.1) is 0 Å². The van der Waals surface area contributed by atoms with Crippen molar-refractivity contribution < 1.29 is 14.3 Å². The number of carbonyl (C=O) groups is 2. The Kier molecular flexibility index (Phi) is 7.45. The molecule has 31 heavy (non-hydrogen) atoms. The number of ether oxygens (including phenoxy) is 1. The average Bonchev–Trinajstić information content (AvgIpc) is 2.76. The first-order valence-electron chi connectivity index (χ1n) is 10.1. The van der Waals surface area contributed by atoms with E-state index in [0.717, 1.165) is 28.6 Å². The van der Waals surface area contributed by atoms with Crippen LogP contribution < -0.4 is 20.9 Å². The molecule has 0 unspecified atom stereocenters. The van der Waals surface area contributed by atoms with Crippen molar-refractivity contribution in [1.82, 2.24) is 5.32 Å². The number of methoxy groups -OCH3 is 1. The zero-order valence-corrected chi connectivity index (χ0v) is 18.1. The number of hydrogen-bond acceptors (Lipinski definition) is 4. The van der Waals surface area contributed by atoms with Crippen LogP contribution in [0.4, 0.5) is 21.9 Å². The number of fused-ring (bicyclic) bond motifs is 1.